The molecule has 2 amide bonds. The molecule has 1 saturated heterocycles. The van der Waals surface area contributed by atoms with Crippen molar-refractivity contribution in [3.05, 3.63) is 101 Å². The summed E-state index contributed by atoms with van der Waals surface area (Å²) in [7, 11) is 0. The summed E-state index contributed by atoms with van der Waals surface area (Å²) >= 11 is 5.14. The Balaban J connectivity index is 1.54. The first-order valence-corrected chi connectivity index (χ1v) is 10.5. The predicted molar refractivity (Wildman–Crippen MR) is 127 cm³/mol. The average molecular weight is 476 g/mol. The Labute approximate surface area is 199 Å². The van der Waals surface area contributed by atoms with Gasteiger partial charge in [0, 0.05) is 5.56 Å². The van der Waals surface area contributed by atoms with Crippen LogP contribution in [0.4, 0.5) is 10.1 Å². The molecule has 0 aromatic heterocycles. The van der Waals surface area contributed by atoms with Gasteiger partial charge < -0.3 is 9.84 Å². The molecule has 0 radical (unpaired) electrons. The quantitative estimate of drug-likeness (QED) is 0.318. The van der Waals surface area contributed by atoms with Gasteiger partial charge in [-0.25, -0.2) is 9.18 Å². The number of thiocarbonyl (C=S) groups is 1. The minimum absolute atomic E-state index is 0.0264. The zero-order valence-electron chi connectivity index (χ0n) is 17.5. The van der Waals surface area contributed by atoms with Crippen molar-refractivity contribution in [1.29, 1.82) is 0 Å². The van der Waals surface area contributed by atoms with E-state index in [-0.39, 0.29) is 34.4 Å². The van der Waals surface area contributed by atoms with Crippen molar-refractivity contribution in [3.63, 3.8) is 0 Å². The van der Waals surface area contributed by atoms with E-state index in [1.165, 1.54) is 36.4 Å². The molecule has 9 heteroatoms. The van der Waals surface area contributed by atoms with E-state index in [0.717, 1.165) is 4.90 Å². The van der Waals surface area contributed by atoms with Crippen LogP contribution in [0.15, 0.2) is 78.4 Å². The largest absolute Gasteiger partial charge is 0.489 e. The summed E-state index contributed by atoms with van der Waals surface area (Å²) in [6, 6.07) is 18.5. The molecule has 1 aliphatic heterocycles. The summed E-state index contributed by atoms with van der Waals surface area (Å²) in [5.74, 6) is -2.38. The van der Waals surface area contributed by atoms with E-state index in [1.807, 2.05) is 0 Å². The zero-order chi connectivity index (χ0) is 24.2. The van der Waals surface area contributed by atoms with Gasteiger partial charge in [0.15, 0.2) is 5.11 Å². The van der Waals surface area contributed by atoms with Crippen LogP contribution in [0.3, 0.4) is 0 Å². The molecule has 170 valence electrons. The van der Waals surface area contributed by atoms with Gasteiger partial charge in [-0.2, -0.15) is 0 Å². The molecule has 3 aromatic rings. The first-order chi connectivity index (χ1) is 16.3. The van der Waals surface area contributed by atoms with Crippen molar-refractivity contribution in [2.75, 3.05) is 4.90 Å². The van der Waals surface area contributed by atoms with Crippen molar-refractivity contribution >= 4 is 46.9 Å². The number of rotatable bonds is 6. The Morgan fingerprint density at radius 3 is 2.50 bits per heavy atom. The molecule has 4 rings (SSSR count). The maximum Gasteiger partial charge on any atom is 0.335 e. The van der Waals surface area contributed by atoms with E-state index in [1.54, 1.807) is 42.5 Å². The van der Waals surface area contributed by atoms with Crippen LogP contribution < -0.4 is 15.0 Å². The molecule has 0 bridgehead atoms. The van der Waals surface area contributed by atoms with Crippen molar-refractivity contribution < 1.29 is 28.6 Å². The maximum atomic E-state index is 13.7. The molecule has 0 spiro atoms. The van der Waals surface area contributed by atoms with Crippen LogP contribution in [-0.2, 0) is 16.2 Å². The fraction of sp³-hybridized carbons (Fsp3) is 0.0400. The Morgan fingerprint density at radius 2 is 1.79 bits per heavy atom. The number of aromatic carboxylic acids is 1. The number of carbonyl (C=O) groups excluding carboxylic acids is 2. The molecule has 7 nitrogen and oxygen atoms in total. The second-order valence-electron chi connectivity index (χ2n) is 7.26. The second kappa shape index (κ2) is 9.63. The summed E-state index contributed by atoms with van der Waals surface area (Å²) < 4.78 is 19.3. The third-order valence-corrected chi connectivity index (χ3v) is 5.28. The number of carboxylic acids is 1. The highest BCUT2D eigenvalue weighted by atomic mass is 32.1. The fourth-order valence-electron chi connectivity index (χ4n) is 3.27. The standard InChI is InChI=1S/C25H17FN2O5S/c26-21-7-2-1-4-17(21)14-33-19-10-8-15(9-11-19)12-20-22(29)27-25(34)28(23(20)30)18-6-3-5-16(13-18)24(31)32/h1-13H,14H2,(H,31,32)(H,27,29,34). The molecule has 3 aromatic carbocycles. The summed E-state index contributed by atoms with van der Waals surface area (Å²) in [5, 5.41) is 11.5. The Bertz CT molecular complexity index is 1340. The van der Waals surface area contributed by atoms with E-state index < -0.39 is 17.8 Å². The van der Waals surface area contributed by atoms with Crippen LogP contribution in [0.2, 0.25) is 0 Å². The number of nitrogens with one attached hydrogen (secondary N) is 1. The number of anilines is 1. The average Bonchev–Trinajstić information content (AvgIpc) is 2.82. The highest BCUT2D eigenvalue weighted by molar-refractivity contribution is 7.80. The van der Waals surface area contributed by atoms with Gasteiger partial charge in [0.2, 0.25) is 0 Å². The Hall–Kier alpha value is -4.37. The zero-order valence-corrected chi connectivity index (χ0v) is 18.3. The number of amides is 2. The summed E-state index contributed by atoms with van der Waals surface area (Å²) in [6.45, 7) is 0.0514. The summed E-state index contributed by atoms with van der Waals surface area (Å²) in [6.07, 6.45) is 1.40. The molecule has 0 atom stereocenters. The van der Waals surface area contributed by atoms with E-state index in [4.69, 9.17) is 17.0 Å². The topological polar surface area (TPSA) is 95.9 Å². The van der Waals surface area contributed by atoms with Crippen LogP contribution in [0.25, 0.3) is 6.08 Å². The molecule has 34 heavy (non-hydrogen) atoms. The molecule has 0 saturated carbocycles. The number of ether oxygens (including phenoxy) is 1. The lowest BCUT2D eigenvalue weighted by atomic mass is 10.1. The molecular weight excluding hydrogens is 459 g/mol. The van der Waals surface area contributed by atoms with Crippen molar-refractivity contribution in [1.82, 2.24) is 5.32 Å². The van der Waals surface area contributed by atoms with E-state index in [0.29, 0.717) is 16.9 Å². The summed E-state index contributed by atoms with van der Waals surface area (Å²) in [4.78, 5) is 37.9. The predicted octanol–water partition coefficient (Wildman–Crippen LogP) is 3.93. The first kappa shape index (κ1) is 22.8. The first-order valence-electron chi connectivity index (χ1n) is 10.0. The van der Waals surface area contributed by atoms with Crippen LogP contribution in [0, 0.1) is 5.82 Å². The van der Waals surface area contributed by atoms with E-state index in [9.17, 15) is 23.9 Å². The van der Waals surface area contributed by atoms with Crippen LogP contribution in [0.1, 0.15) is 21.5 Å². The third-order valence-electron chi connectivity index (χ3n) is 5.00. The minimum Gasteiger partial charge on any atom is -0.489 e. The maximum absolute atomic E-state index is 13.7. The van der Waals surface area contributed by atoms with Crippen molar-refractivity contribution in [3.8, 4) is 5.75 Å². The Kier molecular flexibility index (Phi) is 6.46. The Morgan fingerprint density at radius 1 is 1.06 bits per heavy atom. The minimum atomic E-state index is -1.16. The molecular formula is C25H17FN2O5S. The van der Waals surface area contributed by atoms with Crippen molar-refractivity contribution in [2.24, 2.45) is 0 Å². The SMILES string of the molecule is O=C1NC(=S)N(c2cccc(C(=O)O)c2)C(=O)C1=Cc1ccc(OCc2ccccc2F)cc1. The van der Waals surface area contributed by atoms with E-state index >= 15 is 0 Å². The molecule has 0 unspecified atom stereocenters. The van der Waals surface area contributed by atoms with Crippen LogP contribution in [0.5, 0.6) is 5.75 Å². The van der Waals surface area contributed by atoms with Gasteiger partial charge in [-0.15, -0.1) is 0 Å². The third kappa shape index (κ3) is 4.84. The lowest BCUT2D eigenvalue weighted by Crippen LogP contribution is -2.54. The lowest BCUT2D eigenvalue weighted by molar-refractivity contribution is -0.122. The molecule has 1 fully saturated rings. The number of hydrogen-bond donors (Lipinski definition) is 2. The van der Waals surface area contributed by atoms with Gasteiger partial charge in [-0.05, 0) is 60.3 Å². The highest BCUT2D eigenvalue weighted by Crippen LogP contribution is 2.24. The number of halogens is 1. The number of hydrogen-bond acceptors (Lipinski definition) is 5. The number of nitrogens with zero attached hydrogens (tertiary/aromatic N) is 1. The van der Waals surface area contributed by atoms with Gasteiger partial charge in [0.05, 0.1) is 11.3 Å². The molecule has 1 heterocycles. The number of carbonyl (C=O) groups is 3. The van der Waals surface area contributed by atoms with Crippen LogP contribution in [-0.4, -0.2) is 28.0 Å². The number of carboxylic acid groups (broad SMARTS) is 1. The molecule has 1 aliphatic rings. The molecule has 0 aliphatic carbocycles. The van der Waals surface area contributed by atoms with Gasteiger partial charge >= 0.3 is 5.97 Å². The fourth-order valence-corrected chi connectivity index (χ4v) is 3.55. The van der Waals surface area contributed by atoms with Crippen LogP contribution >= 0.6 is 12.2 Å². The lowest BCUT2D eigenvalue weighted by Gasteiger charge is -2.29. The molecule has 2 N–H and O–H groups in total. The van der Waals surface area contributed by atoms with Gasteiger partial charge in [-0.3, -0.25) is 19.8 Å². The van der Waals surface area contributed by atoms with Crippen molar-refractivity contribution in [2.45, 2.75) is 6.61 Å². The van der Waals surface area contributed by atoms with E-state index in [2.05, 4.69) is 5.32 Å². The summed E-state index contributed by atoms with van der Waals surface area (Å²) in [5.41, 5.74) is 0.985. The van der Waals surface area contributed by atoms with Gasteiger partial charge in [0.1, 0.15) is 23.7 Å². The smallest absolute Gasteiger partial charge is 0.335 e. The second-order valence-corrected chi connectivity index (χ2v) is 7.65. The monoisotopic (exact) mass is 476 g/mol. The van der Waals surface area contributed by atoms with Gasteiger partial charge in [-0.1, -0.05) is 36.4 Å². The highest BCUT2D eigenvalue weighted by Gasteiger charge is 2.34. The normalized spacial score (nSPS) is 14.8. The number of benzene rings is 3. The van der Waals surface area contributed by atoms with Gasteiger partial charge in [0.25, 0.3) is 11.8 Å².